The molecule has 0 aliphatic heterocycles. The molecule has 0 amide bonds. The van der Waals surface area contributed by atoms with Crippen molar-refractivity contribution < 1.29 is 4.42 Å². The number of hydrogen-bond acceptors (Lipinski definition) is 3. The van der Waals surface area contributed by atoms with E-state index in [0.29, 0.717) is 5.95 Å². The predicted octanol–water partition coefficient (Wildman–Crippen LogP) is 14.8. The van der Waals surface area contributed by atoms with Crippen molar-refractivity contribution in [1.82, 2.24) is 19.1 Å². The van der Waals surface area contributed by atoms with E-state index in [0.717, 1.165) is 82.8 Å². The second kappa shape index (κ2) is 12.1. The highest BCUT2D eigenvalue weighted by Crippen LogP contribution is 2.51. The second-order valence-electron chi connectivity index (χ2n) is 17.3. The Morgan fingerprint density at radius 2 is 1.06 bits per heavy atom. The van der Waals surface area contributed by atoms with Crippen molar-refractivity contribution in [1.29, 1.82) is 0 Å². The summed E-state index contributed by atoms with van der Waals surface area (Å²) in [5.74, 6) is 0.677. The van der Waals surface area contributed by atoms with Crippen LogP contribution in [0.1, 0.15) is 25.0 Å². The molecule has 5 nitrogen and oxygen atoms in total. The van der Waals surface area contributed by atoms with E-state index in [2.05, 4.69) is 193 Å². The number of para-hydroxylation sites is 4. The zero-order valence-corrected chi connectivity index (χ0v) is 34.0. The number of hydrogen-bond donors (Lipinski definition) is 0. The number of furan rings is 1. The monoisotopic (exact) mass is 792 g/mol. The van der Waals surface area contributed by atoms with Gasteiger partial charge in [0.05, 0.1) is 39.0 Å². The minimum absolute atomic E-state index is 0.225. The maximum absolute atomic E-state index is 6.56. The lowest BCUT2D eigenvalue weighted by atomic mass is 9.68. The van der Waals surface area contributed by atoms with Gasteiger partial charge < -0.3 is 8.98 Å². The summed E-state index contributed by atoms with van der Waals surface area (Å²) in [5, 5.41) is 10.6. The van der Waals surface area contributed by atoms with E-state index in [1.807, 2.05) is 12.1 Å². The molecule has 4 heterocycles. The van der Waals surface area contributed by atoms with Gasteiger partial charge in [-0.05, 0) is 87.6 Å². The van der Waals surface area contributed by atoms with Crippen molar-refractivity contribution in [3.8, 4) is 34.0 Å². The van der Waals surface area contributed by atoms with Gasteiger partial charge in [-0.3, -0.25) is 4.57 Å². The maximum Gasteiger partial charge on any atom is 0.235 e. The van der Waals surface area contributed by atoms with Crippen LogP contribution >= 0.6 is 0 Å². The van der Waals surface area contributed by atoms with Crippen LogP contribution in [0.3, 0.4) is 0 Å². The fourth-order valence-electron chi connectivity index (χ4n) is 11.0. The molecule has 5 heteroatoms. The van der Waals surface area contributed by atoms with Crippen LogP contribution in [0, 0.1) is 0 Å². The van der Waals surface area contributed by atoms with E-state index in [9.17, 15) is 0 Å². The molecule has 0 radical (unpaired) electrons. The Hall–Kier alpha value is -8.02. The highest BCUT2D eigenvalue weighted by molar-refractivity contribution is 6.15. The number of aromatic nitrogens is 4. The minimum Gasteiger partial charge on any atom is -0.454 e. The van der Waals surface area contributed by atoms with Crippen molar-refractivity contribution in [2.24, 2.45) is 0 Å². The smallest absolute Gasteiger partial charge is 0.235 e. The molecule has 0 unspecified atom stereocenters. The van der Waals surface area contributed by atoms with Crippen LogP contribution < -0.4 is 0 Å². The molecule has 0 spiro atoms. The molecule has 62 heavy (non-hydrogen) atoms. The molecular weight excluding hydrogens is 757 g/mol. The molecule has 1 aliphatic carbocycles. The van der Waals surface area contributed by atoms with Crippen molar-refractivity contribution in [2.45, 2.75) is 19.3 Å². The van der Waals surface area contributed by atoms with Gasteiger partial charge in [0.1, 0.15) is 5.58 Å². The molecular formula is C57H36N4O. The molecule has 1 aliphatic rings. The quantitative estimate of drug-likeness (QED) is 0.167. The Morgan fingerprint density at radius 3 is 1.84 bits per heavy atom. The fraction of sp³-hybridized carbons (Fsp3) is 0.0526. The molecule has 0 saturated heterocycles. The first-order valence-electron chi connectivity index (χ1n) is 21.3. The normalized spacial score (nSPS) is 13.5. The minimum atomic E-state index is -0.225. The summed E-state index contributed by atoms with van der Waals surface area (Å²) in [5.41, 5.74) is 15.1. The van der Waals surface area contributed by atoms with Gasteiger partial charge in [0.2, 0.25) is 5.95 Å². The SMILES string of the molecule is CC1(C)c2ccccc2-c2nc(-n3c4ccccc4c4cc(-c5ccc6c(c5)c5ccccc5n6-c5cccc6c5oc5ccccc56)ccc43)nc3cc4ccccc4c1c23. The van der Waals surface area contributed by atoms with E-state index < -0.39 is 0 Å². The van der Waals surface area contributed by atoms with Crippen LogP contribution in [0.5, 0.6) is 0 Å². The zero-order chi connectivity index (χ0) is 40.8. The Balaban J connectivity index is 0.974. The van der Waals surface area contributed by atoms with Gasteiger partial charge >= 0.3 is 0 Å². The van der Waals surface area contributed by atoms with E-state index in [-0.39, 0.29) is 5.41 Å². The number of nitrogens with zero attached hydrogens (tertiary/aromatic N) is 4. The van der Waals surface area contributed by atoms with Gasteiger partial charge in [0.15, 0.2) is 5.58 Å². The third-order valence-electron chi connectivity index (χ3n) is 13.7. The maximum atomic E-state index is 6.56. The van der Waals surface area contributed by atoms with Crippen molar-refractivity contribution >= 4 is 87.2 Å². The molecule has 14 rings (SSSR count). The van der Waals surface area contributed by atoms with E-state index in [1.165, 1.54) is 43.6 Å². The van der Waals surface area contributed by atoms with Gasteiger partial charge in [-0.15, -0.1) is 0 Å². The van der Waals surface area contributed by atoms with Crippen molar-refractivity contribution in [2.75, 3.05) is 0 Å². The summed E-state index contributed by atoms with van der Waals surface area (Å²) in [6.45, 7) is 4.68. The van der Waals surface area contributed by atoms with E-state index in [1.54, 1.807) is 0 Å². The van der Waals surface area contributed by atoms with Crippen molar-refractivity contribution in [3.05, 3.63) is 193 Å². The lowest BCUT2D eigenvalue weighted by Crippen LogP contribution is -2.25. The molecule has 0 bridgehead atoms. The summed E-state index contributed by atoms with van der Waals surface area (Å²) < 4.78 is 11.2. The average Bonchev–Trinajstić information content (AvgIpc) is 3.97. The third kappa shape index (κ3) is 4.41. The second-order valence-corrected chi connectivity index (χ2v) is 17.3. The molecule has 9 aromatic carbocycles. The predicted molar refractivity (Wildman–Crippen MR) is 256 cm³/mol. The number of fused-ring (bicyclic) bond motifs is 13. The topological polar surface area (TPSA) is 48.8 Å². The lowest BCUT2D eigenvalue weighted by molar-refractivity contribution is 0.649. The van der Waals surface area contributed by atoms with Gasteiger partial charge in [-0.2, -0.15) is 0 Å². The average molecular weight is 793 g/mol. The van der Waals surface area contributed by atoms with Crippen LogP contribution in [-0.4, -0.2) is 19.1 Å². The summed E-state index contributed by atoms with van der Waals surface area (Å²) in [6.07, 6.45) is 0. The highest BCUT2D eigenvalue weighted by Gasteiger charge is 2.36. The van der Waals surface area contributed by atoms with E-state index >= 15 is 0 Å². The summed E-state index contributed by atoms with van der Waals surface area (Å²) in [7, 11) is 0. The van der Waals surface area contributed by atoms with Gasteiger partial charge in [0, 0.05) is 48.7 Å². The Bertz CT molecular complexity index is 4090. The molecule has 0 saturated carbocycles. The highest BCUT2D eigenvalue weighted by atomic mass is 16.3. The molecule has 290 valence electrons. The van der Waals surface area contributed by atoms with Crippen LogP contribution in [0.2, 0.25) is 0 Å². The summed E-state index contributed by atoms with van der Waals surface area (Å²) >= 11 is 0. The molecule has 0 atom stereocenters. The van der Waals surface area contributed by atoms with Crippen LogP contribution in [0.25, 0.3) is 121 Å². The van der Waals surface area contributed by atoms with Gasteiger partial charge in [0.25, 0.3) is 0 Å². The summed E-state index contributed by atoms with van der Waals surface area (Å²) in [6, 6.07) is 65.6. The van der Waals surface area contributed by atoms with Crippen LogP contribution in [0.4, 0.5) is 0 Å². The van der Waals surface area contributed by atoms with Crippen LogP contribution in [-0.2, 0) is 5.41 Å². The lowest BCUT2D eigenvalue weighted by Gasteiger charge is -2.35. The van der Waals surface area contributed by atoms with Gasteiger partial charge in [-0.1, -0.05) is 141 Å². The molecule has 13 aromatic rings. The Morgan fingerprint density at radius 1 is 0.468 bits per heavy atom. The first kappa shape index (κ1) is 33.8. The van der Waals surface area contributed by atoms with Crippen molar-refractivity contribution in [3.63, 3.8) is 0 Å². The standard InChI is InChI=1S/C57H36N4O/c1-57(2)44-21-9-5-19-41(44)54-52-45(32-35-14-3-4-15-36(35)53(52)57)58-56(59-54)61-47-23-11-7-17-38(47)43-31-34(27-29-49(43)61)33-26-28-48-42(30-33)37-16-6-10-22-46(37)60(48)50-24-13-20-40-39-18-8-12-25-51(39)62-55(40)50/h3-32H,1-2H3. The zero-order valence-electron chi connectivity index (χ0n) is 34.0. The number of rotatable bonds is 3. The van der Waals surface area contributed by atoms with Crippen LogP contribution in [0.15, 0.2) is 186 Å². The number of benzene rings is 9. The fourth-order valence-corrected chi connectivity index (χ4v) is 11.0. The molecule has 0 fully saturated rings. The third-order valence-corrected chi connectivity index (χ3v) is 13.7. The Kier molecular flexibility index (Phi) is 6.57. The Labute approximate surface area is 355 Å². The summed E-state index contributed by atoms with van der Waals surface area (Å²) in [4.78, 5) is 11.0. The molecule has 4 aromatic heterocycles. The first-order valence-corrected chi connectivity index (χ1v) is 21.3. The van der Waals surface area contributed by atoms with Gasteiger partial charge in [-0.25, -0.2) is 9.97 Å². The molecule has 0 N–H and O–H groups in total. The van der Waals surface area contributed by atoms with E-state index in [4.69, 9.17) is 14.4 Å². The first-order chi connectivity index (χ1) is 30.5. The largest absolute Gasteiger partial charge is 0.454 e.